The monoisotopic (exact) mass is 251 g/mol. The van der Waals surface area contributed by atoms with Gasteiger partial charge in [0.2, 0.25) is 0 Å². The molecule has 0 radical (unpaired) electrons. The van der Waals surface area contributed by atoms with Crippen LogP contribution in [-0.2, 0) is 4.74 Å². The quantitative estimate of drug-likeness (QED) is 0.836. The van der Waals surface area contributed by atoms with Crippen LogP contribution in [0.5, 0.6) is 0 Å². The van der Waals surface area contributed by atoms with E-state index in [2.05, 4.69) is 28.2 Å². The molecule has 1 aliphatic rings. The second-order valence-electron chi connectivity index (χ2n) is 4.72. The molecule has 1 fully saturated rings. The molecule has 0 bridgehead atoms. The summed E-state index contributed by atoms with van der Waals surface area (Å²) in [5, 5.41) is 12.3. The molecule has 0 unspecified atom stereocenters. The molecule has 0 aromatic carbocycles. The summed E-state index contributed by atoms with van der Waals surface area (Å²) >= 11 is 0. The third kappa shape index (κ3) is 3.34. The van der Waals surface area contributed by atoms with Gasteiger partial charge in [-0.2, -0.15) is 0 Å². The first-order chi connectivity index (χ1) is 8.69. The van der Waals surface area contributed by atoms with Gasteiger partial charge in [0.05, 0.1) is 19.8 Å². The van der Waals surface area contributed by atoms with Crippen LogP contribution in [0.1, 0.15) is 12.5 Å². The van der Waals surface area contributed by atoms with Gasteiger partial charge >= 0.3 is 0 Å². The maximum Gasteiger partial charge on any atom is 0.131 e. The number of aliphatic hydroxyl groups is 1. The minimum absolute atomic E-state index is 0.0110. The molecule has 1 saturated heterocycles. The number of hydrogen-bond donors (Lipinski definition) is 2. The van der Waals surface area contributed by atoms with Crippen molar-refractivity contribution >= 4 is 11.6 Å². The van der Waals surface area contributed by atoms with Gasteiger partial charge in [-0.1, -0.05) is 0 Å². The highest BCUT2D eigenvalue weighted by molar-refractivity contribution is 5.50. The fraction of sp³-hybridized carbons (Fsp3) is 0.615. The number of anilines is 2. The molecule has 1 atom stereocenters. The third-order valence-electron chi connectivity index (χ3n) is 2.96. The summed E-state index contributed by atoms with van der Waals surface area (Å²) in [4.78, 5) is 6.82. The van der Waals surface area contributed by atoms with Crippen molar-refractivity contribution in [2.24, 2.45) is 0 Å². The van der Waals surface area contributed by atoms with Crippen LogP contribution in [0.4, 0.5) is 11.6 Å². The largest absolute Gasteiger partial charge is 0.394 e. The van der Waals surface area contributed by atoms with Gasteiger partial charge in [0, 0.05) is 19.1 Å². The van der Waals surface area contributed by atoms with Gasteiger partial charge in [0.15, 0.2) is 0 Å². The SMILES string of the molecule is Cc1cc(N[C@H](C)CO)nc(N2CCOCC2)c1. The third-order valence-corrected chi connectivity index (χ3v) is 2.96. The fourth-order valence-corrected chi connectivity index (χ4v) is 1.98. The van der Waals surface area contributed by atoms with E-state index in [-0.39, 0.29) is 12.6 Å². The molecule has 0 amide bonds. The van der Waals surface area contributed by atoms with Gasteiger partial charge in [-0.05, 0) is 31.5 Å². The minimum Gasteiger partial charge on any atom is -0.394 e. The summed E-state index contributed by atoms with van der Waals surface area (Å²) < 4.78 is 5.35. The highest BCUT2D eigenvalue weighted by atomic mass is 16.5. The highest BCUT2D eigenvalue weighted by Gasteiger charge is 2.13. The molecule has 0 aliphatic carbocycles. The standard InChI is InChI=1S/C13H21N3O2/c1-10-7-12(14-11(2)9-17)15-13(8-10)16-3-5-18-6-4-16/h7-8,11,17H,3-6,9H2,1-2H3,(H,14,15)/t11-/m1/s1. The maximum atomic E-state index is 9.07. The molecule has 1 aromatic rings. The van der Waals surface area contributed by atoms with E-state index in [4.69, 9.17) is 9.84 Å². The molecule has 0 saturated carbocycles. The Morgan fingerprint density at radius 3 is 2.83 bits per heavy atom. The Labute approximate surface area is 108 Å². The Hall–Kier alpha value is -1.33. The lowest BCUT2D eigenvalue weighted by Gasteiger charge is -2.28. The van der Waals surface area contributed by atoms with Crippen molar-refractivity contribution in [3.8, 4) is 0 Å². The lowest BCUT2D eigenvalue weighted by molar-refractivity contribution is 0.122. The van der Waals surface area contributed by atoms with Crippen molar-refractivity contribution in [1.82, 2.24) is 4.98 Å². The number of hydrogen-bond acceptors (Lipinski definition) is 5. The molecule has 1 aromatic heterocycles. The number of nitrogens with zero attached hydrogens (tertiary/aromatic N) is 2. The van der Waals surface area contributed by atoms with Crippen LogP contribution < -0.4 is 10.2 Å². The van der Waals surface area contributed by atoms with Crippen LogP contribution in [0.25, 0.3) is 0 Å². The number of aryl methyl sites for hydroxylation is 1. The van der Waals surface area contributed by atoms with Crippen molar-refractivity contribution in [3.05, 3.63) is 17.7 Å². The van der Waals surface area contributed by atoms with E-state index in [9.17, 15) is 0 Å². The molecular formula is C13H21N3O2. The predicted molar refractivity (Wildman–Crippen MR) is 72.2 cm³/mol. The van der Waals surface area contributed by atoms with E-state index in [1.807, 2.05) is 13.0 Å². The van der Waals surface area contributed by atoms with Gasteiger partial charge in [0.1, 0.15) is 11.6 Å². The van der Waals surface area contributed by atoms with Gasteiger partial charge in [-0.15, -0.1) is 0 Å². The van der Waals surface area contributed by atoms with E-state index in [0.29, 0.717) is 0 Å². The molecule has 0 spiro atoms. The summed E-state index contributed by atoms with van der Waals surface area (Å²) in [6.45, 7) is 7.36. The highest BCUT2D eigenvalue weighted by Crippen LogP contribution is 2.19. The fourth-order valence-electron chi connectivity index (χ4n) is 1.98. The second-order valence-corrected chi connectivity index (χ2v) is 4.72. The summed E-state index contributed by atoms with van der Waals surface area (Å²) in [7, 11) is 0. The molecule has 2 rings (SSSR count). The zero-order chi connectivity index (χ0) is 13.0. The van der Waals surface area contributed by atoms with Crippen molar-refractivity contribution in [3.63, 3.8) is 0 Å². The first-order valence-corrected chi connectivity index (χ1v) is 6.38. The van der Waals surface area contributed by atoms with Gasteiger partial charge in [0.25, 0.3) is 0 Å². The Morgan fingerprint density at radius 2 is 2.17 bits per heavy atom. The van der Waals surface area contributed by atoms with Gasteiger partial charge in [-0.3, -0.25) is 0 Å². The van der Waals surface area contributed by atoms with E-state index < -0.39 is 0 Å². The molecule has 2 N–H and O–H groups in total. The maximum absolute atomic E-state index is 9.07. The number of nitrogens with one attached hydrogen (secondary N) is 1. The topological polar surface area (TPSA) is 57.6 Å². The van der Waals surface area contributed by atoms with Gasteiger partial charge < -0.3 is 20.1 Å². The van der Waals surface area contributed by atoms with Gasteiger partial charge in [-0.25, -0.2) is 4.98 Å². The van der Waals surface area contributed by atoms with E-state index >= 15 is 0 Å². The summed E-state index contributed by atoms with van der Waals surface area (Å²) in [5.41, 5.74) is 1.17. The van der Waals surface area contributed by atoms with Crippen LogP contribution in [0.2, 0.25) is 0 Å². The van der Waals surface area contributed by atoms with E-state index in [0.717, 1.165) is 37.9 Å². The molecule has 5 heteroatoms. The first kappa shape index (κ1) is 13.1. The summed E-state index contributed by atoms with van der Waals surface area (Å²) in [6, 6.07) is 4.09. The molecule has 1 aliphatic heterocycles. The van der Waals surface area contributed by atoms with Crippen LogP contribution in [0, 0.1) is 6.92 Å². The van der Waals surface area contributed by atoms with Crippen LogP contribution in [0.3, 0.4) is 0 Å². The average Bonchev–Trinajstić information content (AvgIpc) is 2.39. The second kappa shape index (κ2) is 6.02. The predicted octanol–water partition coefficient (Wildman–Crippen LogP) is 1.02. The number of ether oxygens (including phenoxy) is 1. The lowest BCUT2D eigenvalue weighted by atomic mass is 10.2. The number of morpholine rings is 1. The molecule has 5 nitrogen and oxygen atoms in total. The summed E-state index contributed by atoms with van der Waals surface area (Å²) in [6.07, 6.45) is 0. The zero-order valence-corrected chi connectivity index (χ0v) is 11.0. The van der Waals surface area contributed by atoms with Crippen LogP contribution >= 0.6 is 0 Å². The molecule has 2 heterocycles. The Kier molecular flexibility index (Phi) is 4.38. The van der Waals surface area contributed by atoms with Crippen molar-refractivity contribution in [2.75, 3.05) is 43.1 Å². The Morgan fingerprint density at radius 1 is 1.44 bits per heavy atom. The van der Waals surface area contributed by atoms with Crippen LogP contribution in [-0.4, -0.2) is 49.0 Å². The number of aliphatic hydroxyl groups excluding tert-OH is 1. The lowest BCUT2D eigenvalue weighted by Crippen LogP contribution is -2.37. The van der Waals surface area contributed by atoms with E-state index in [1.165, 1.54) is 5.56 Å². The van der Waals surface area contributed by atoms with Crippen LogP contribution in [0.15, 0.2) is 12.1 Å². The smallest absolute Gasteiger partial charge is 0.131 e. The average molecular weight is 251 g/mol. The van der Waals surface area contributed by atoms with Crippen molar-refractivity contribution < 1.29 is 9.84 Å². The molecular weight excluding hydrogens is 230 g/mol. The molecule has 18 heavy (non-hydrogen) atoms. The van der Waals surface area contributed by atoms with Crippen molar-refractivity contribution in [1.29, 1.82) is 0 Å². The first-order valence-electron chi connectivity index (χ1n) is 6.38. The minimum atomic E-state index is 0.0110. The molecule has 100 valence electrons. The Bertz CT molecular complexity index is 392. The summed E-state index contributed by atoms with van der Waals surface area (Å²) in [5.74, 6) is 1.80. The van der Waals surface area contributed by atoms with E-state index in [1.54, 1.807) is 0 Å². The normalized spacial score (nSPS) is 17.6. The zero-order valence-electron chi connectivity index (χ0n) is 11.0. The number of aromatic nitrogens is 1. The number of pyridine rings is 1. The Balaban J connectivity index is 2.14. The number of rotatable bonds is 4. The van der Waals surface area contributed by atoms with Crippen molar-refractivity contribution in [2.45, 2.75) is 19.9 Å².